The molecule has 0 aliphatic rings. The molecule has 1 aromatic carbocycles. The lowest BCUT2D eigenvalue weighted by Crippen LogP contribution is -2.31. The van der Waals surface area contributed by atoms with Crippen LogP contribution in [0.15, 0.2) is 12.1 Å². The molecule has 0 saturated heterocycles. The van der Waals surface area contributed by atoms with E-state index in [9.17, 15) is 4.79 Å². The van der Waals surface area contributed by atoms with E-state index in [-0.39, 0.29) is 0 Å². The molecule has 16 heavy (non-hydrogen) atoms. The standard InChI is InChI=1S/C10H10IN3O2/c1-5(10(14)15)16-9-7(11)2-6(4-12)3-8(9)13/h2-3,5H,13H2,1H3,(H2,14,15). The van der Waals surface area contributed by atoms with Crippen molar-refractivity contribution in [1.29, 1.82) is 5.26 Å². The summed E-state index contributed by atoms with van der Waals surface area (Å²) < 4.78 is 5.99. The topological polar surface area (TPSA) is 102 Å². The molecule has 0 aliphatic carbocycles. The van der Waals surface area contributed by atoms with Gasteiger partial charge in [0.15, 0.2) is 11.9 Å². The summed E-state index contributed by atoms with van der Waals surface area (Å²) in [4.78, 5) is 10.9. The van der Waals surface area contributed by atoms with Gasteiger partial charge in [-0.05, 0) is 41.6 Å². The fraction of sp³-hybridized carbons (Fsp3) is 0.200. The molecular weight excluding hydrogens is 321 g/mol. The van der Waals surface area contributed by atoms with Gasteiger partial charge >= 0.3 is 0 Å². The molecule has 0 aromatic heterocycles. The summed E-state index contributed by atoms with van der Waals surface area (Å²) in [5, 5.41) is 8.72. The summed E-state index contributed by atoms with van der Waals surface area (Å²) in [7, 11) is 0. The van der Waals surface area contributed by atoms with Crippen molar-refractivity contribution in [2.45, 2.75) is 13.0 Å². The van der Waals surface area contributed by atoms with Gasteiger partial charge in [-0.2, -0.15) is 5.26 Å². The van der Waals surface area contributed by atoms with Gasteiger partial charge in [-0.1, -0.05) is 0 Å². The van der Waals surface area contributed by atoms with Crippen LogP contribution in [0, 0.1) is 14.9 Å². The second-order valence-corrected chi connectivity index (χ2v) is 4.31. The number of nitrogen functional groups attached to an aromatic ring is 1. The third-order valence-electron chi connectivity index (χ3n) is 1.90. The van der Waals surface area contributed by atoms with Crippen molar-refractivity contribution in [3.05, 3.63) is 21.3 Å². The Hall–Kier alpha value is -1.49. The van der Waals surface area contributed by atoms with Gasteiger partial charge in [-0.3, -0.25) is 4.79 Å². The summed E-state index contributed by atoms with van der Waals surface area (Å²) in [5.41, 5.74) is 11.6. The molecule has 0 aliphatic heterocycles. The molecule has 4 N–H and O–H groups in total. The van der Waals surface area contributed by atoms with E-state index in [0.717, 1.165) is 0 Å². The quantitative estimate of drug-likeness (QED) is 0.637. The second kappa shape index (κ2) is 5.03. The van der Waals surface area contributed by atoms with Crippen LogP contribution in [0.25, 0.3) is 0 Å². The highest BCUT2D eigenvalue weighted by atomic mass is 127. The lowest BCUT2D eigenvalue weighted by Gasteiger charge is -2.14. The predicted octanol–water partition coefficient (Wildman–Crippen LogP) is 0.998. The number of nitriles is 1. The normalized spacial score (nSPS) is 11.6. The molecule has 0 heterocycles. The van der Waals surface area contributed by atoms with Crippen LogP contribution in [0.3, 0.4) is 0 Å². The zero-order valence-corrected chi connectivity index (χ0v) is 10.7. The van der Waals surface area contributed by atoms with Crippen LogP contribution in [0.5, 0.6) is 5.75 Å². The number of carbonyl (C=O) groups is 1. The smallest absolute Gasteiger partial charge is 0.258 e. The lowest BCUT2D eigenvalue weighted by molar-refractivity contribution is -0.123. The Balaban J connectivity index is 3.07. The summed E-state index contributed by atoms with van der Waals surface area (Å²) in [6.45, 7) is 1.54. The maximum atomic E-state index is 10.9. The van der Waals surface area contributed by atoms with Crippen molar-refractivity contribution in [1.82, 2.24) is 0 Å². The first kappa shape index (κ1) is 12.6. The van der Waals surface area contributed by atoms with E-state index >= 15 is 0 Å². The van der Waals surface area contributed by atoms with E-state index in [1.165, 1.54) is 13.0 Å². The minimum Gasteiger partial charge on any atom is -0.478 e. The molecule has 1 atom stereocenters. The number of nitrogens with two attached hydrogens (primary N) is 2. The number of benzene rings is 1. The highest BCUT2D eigenvalue weighted by molar-refractivity contribution is 14.1. The fourth-order valence-corrected chi connectivity index (χ4v) is 1.81. The zero-order valence-electron chi connectivity index (χ0n) is 8.53. The maximum Gasteiger partial charge on any atom is 0.258 e. The van der Waals surface area contributed by atoms with Gasteiger partial charge in [0.05, 0.1) is 20.9 Å². The monoisotopic (exact) mass is 331 g/mol. The summed E-state index contributed by atoms with van der Waals surface area (Å²) in [6, 6.07) is 5.10. The molecule has 1 amide bonds. The molecule has 6 heteroatoms. The van der Waals surface area contributed by atoms with Crippen LogP contribution in [-0.2, 0) is 4.79 Å². The number of halogens is 1. The summed E-state index contributed by atoms with van der Waals surface area (Å²) >= 11 is 1.98. The highest BCUT2D eigenvalue weighted by Crippen LogP contribution is 2.30. The van der Waals surface area contributed by atoms with Gasteiger partial charge in [-0.15, -0.1) is 0 Å². The van der Waals surface area contributed by atoms with E-state index in [1.54, 1.807) is 6.07 Å². The fourth-order valence-electron chi connectivity index (χ4n) is 1.04. The number of hydrogen-bond acceptors (Lipinski definition) is 4. The number of carbonyl (C=O) groups excluding carboxylic acids is 1. The molecule has 0 radical (unpaired) electrons. The summed E-state index contributed by atoms with van der Waals surface area (Å²) in [6.07, 6.45) is -0.760. The first-order valence-electron chi connectivity index (χ1n) is 4.40. The van der Waals surface area contributed by atoms with E-state index in [1.807, 2.05) is 28.7 Å². The minimum absolute atomic E-state index is 0.316. The lowest BCUT2D eigenvalue weighted by atomic mass is 10.2. The van der Waals surface area contributed by atoms with Crippen LogP contribution in [0.4, 0.5) is 5.69 Å². The molecule has 84 valence electrons. The largest absolute Gasteiger partial charge is 0.478 e. The van der Waals surface area contributed by atoms with Crippen molar-refractivity contribution in [2.75, 3.05) is 5.73 Å². The molecule has 0 saturated carbocycles. The van der Waals surface area contributed by atoms with Crippen LogP contribution in [-0.4, -0.2) is 12.0 Å². The number of primary amides is 1. The molecular formula is C10H10IN3O2. The summed E-state index contributed by atoms with van der Waals surface area (Å²) in [5.74, 6) is -0.189. The number of ether oxygens (including phenoxy) is 1. The Kier molecular flexibility index (Phi) is 3.95. The van der Waals surface area contributed by atoms with Crippen molar-refractivity contribution in [2.24, 2.45) is 5.73 Å². The average Bonchev–Trinajstić information content (AvgIpc) is 2.22. The van der Waals surface area contributed by atoms with Gasteiger partial charge in [0.2, 0.25) is 0 Å². The minimum atomic E-state index is -0.760. The van der Waals surface area contributed by atoms with Crippen LogP contribution < -0.4 is 16.2 Å². The number of rotatable bonds is 3. The van der Waals surface area contributed by atoms with Gasteiger partial charge < -0.3 is 16.2 Å². The van der Waals surface area contributed by atoms with Crippen molar-refractivity contribution < 1.29 is 9.53 Å². The number of amides is 1. The van der Waals surface area contributed by atoms with Crippen LogP contribution in [0.2, 0.25) is 0 Å². The van der Waals surface area contributed by atoms with Gasteiger partial charge in [0.1, 0.15) is 0 Å². The molecule has 1 aromatic rings. The van der Waals surface area contributed by atoms with Crippen molar-refractivity contribution in [3.8, 4) is 11.8 Å². The Bertz CT molecular complexity index is 445. The van der Waals surface area contributed by atoms with Gasteiger partial charge in [0.25, 0.3) is 5.91 Å². The van der Waals surface area contributed by atoms with Gasteiger partial charge in [-0.25, -0.2) is 0 Å². The second-order valence-electron chi connectivity index (χ2n) is 3.15. The molecule has 5 nitrogen and oxygen atoms in total. The Morgan fingerprint density at radius 2 is 2.25 bits per heavy atom. The number of hydrogen-bond donors (Lipinski definition) is 2. The SMILES string of the molecule is CC(Oc1c(N)cc(C#N)cc1I)C(N)=O. The third-order valence-corrected chi connectivity index (χ3v) is 2.70. The molecule has 0 fully saturated rings. The van der Waals surface area contributed by atoms with Crippen molar-refractivity contribution >= 4 is 34.2 Å². The third kappa shape index (κ3) is 2.76. The zero-order chi connectivity index (χ0) is 12.3. The van der Waals surface area contributed by atoms with E-state index in [4.69, 9.17) is 21.5 Å². The first-order valence-corrected chi connectivity index (χ1v) is 5.48. The molecule has 1 unspecified atom stereocenters. The van der Waals surface area contributed by atoms with E-state index in [0.29, 0.717) is 20.6 Å². The van der Waals surface area contributed by atoms with Crippen molar-refractivity contribution in [3.63, 3.8) is 0 Å². The molecule has 1 rings (SSSR count). The average molecular weight is 331 g/mol. The van der Waals surface area contributed by atoms with E-state index in [2.05, 4.69) is 0 Å². The Morgan fingerprint density at radius 3 is 2.69 bits per heavy atom. The van der Waals surface area contributed by atoms with E-state index < -0.39 is 12.0 Å². The number of nitrogens with zero attached hydrogens (tertiary/aromatic N) is 1. The highest BCUT2D eigenvalue weighted by Gasteiger charge is 2.15. The molecule has 0 spiro atoms. The van der Waals surface area contributed by atoms with Crippen LogP contribution in [0.1, 0.15) is 12.5 Å². The van der Waals surface area contributed by atoms with Gasteiger partial charge in [0, 0.05) is 0 Å². The first-order chi connectivity index (χ1) is 7.45. The number of anilines is 1. The van der Waals surface area contributed by atoms with Crippen LogP contribution >= 0.6 is 22.6 Å². The Morgan fingerprint density at radius 1 is 1.62 bits per heavy atom. The maximum absolute atomic E-state index is 10.9. The predicted molar refractivity (Wildman–Crippen MR) is 67.6 cm³/mol. The Labute approximate surface area is 107 Å². The molecule has 0 bridgehead atoms.